The van der Waals surface area contributed by atoms with Crippen molar-refractivity contribution in [3.05, 3.63) is 63.3 Å². The van der Waals surface area contributed by atoms with Gasteiger partial charge in [-0.05, 0) is 36.2 Å². The Hall–Kier alpha value is -2.18. The minimum atomic E-state index is -0.495. The number of nitrogens with one attached hydrogen (secondary N) is 2. The lowest BCUT2D eigenvalue weighted by atomic mass is 9.99. The van der Waals surface area contributed by atoms with Gasteiger partial charge < -0.3 is 15.2 Å². The molecule has 0 unspecified atom stereocenters. The third-order valence-electron chi connectivity index (χ3n) is 3.82. The van der Waals surface area contributed by atoms with E-state index in [1.807, 2.05) is 6.07 Å². The van der Waals surface area contributed by atoms with E-state index in [2.05, 4.69) is 10.6 Å². The van der Waals surface area contributed by atoms with Gasteiger partial charge in [0.1, 0.15) is 5.82 Å². The van der Waals surface area contributed by atoms with E-state index >= 15 is 0 Å². The van der Waals surface area contributed by atoms with Crippen molar-refractivity contribution in [2.24, 2.45) is 7.05 Å². The molecule has 2 N–H and O–H groups in total. The maximum Gasteiger partial charge on any atom is 0.255 e. The number of amides is 1. The van der Waals surface area contributed by atoms with Crippen LogP contribution in [0.5, 0.6) is 0 Å². The Labute approximate surface area is 138 Å². The van der Waals surface area contributed by atoms with E-state index in [0.29, 0.717) is 18.5 Å². The minimum Gasteiger partial charge on any atom is -0.319 e. The van der Waals surface area contributed by atoms with Crippen LogP contribution < -0.4 is 16.2 Å². The summed E-state index contributed by atoms with van der Waals surface area (Å²) in [6, 6.07) is 6.12. The van der Waals surface area contributed by atoms with Gasteiger partial charge in [-0.1, -0.05) is 6.07 Å². The molecule has 1 aliphatic heterocycles. The molecule has 0 spiro atoms. The first-order chi connectivity index (χ1) is 10.6. The predicted molar refractivity (Wildman–Crippen MR) is 88.7 cm³/mol. The third kappa shape index (κ3) is 3.43. The van der Waals surface area contributed by atoms with Crippen molar-refractivity contribution in [3.63, 3.8) is 0 Å². The summed E-state index contributed by atoms with van der Waals surface area (Å²) in [6.07, 6.45) is 2.10. The summed E-state index contributed by atoms with van der Waals surface area (Å²) in [4.78, 5) is 23.7. The molecule has 7 heteroatoms. The molecule has 2 heterocycles. The Bertz CT molecular complexity index is 804. The summed E-state index contributed by atoms with van der Waals surface area (Å²) in [5.41, 5.74) is 1.62. The van der Waals surface area contributed by atoms with Gasteiger partial charge >= 0.3 is 0 Å². The summed E-state index contributed by atoms with van der Waals surface area (Å²) in [5.74, 6) is -0.887. The van der Waals surface area contributed by atoms with Crippen molar-refractivity contribution in [3.8, 4) is 0 Å². The Kier molecular flexibility index (Phi) is 5.18. The van der Waals surface area contributed by atoms with Gasteiger partial charge in [0, 0.05) is 31.4 Å². The Morgan fingerprint density at radius 1 is 1.35 bits per heavy atom. The summed E-state index contributed by atoms with van der Waals surface area (Å²) in [7, 11) is 1.60. The fourth-order valence-electron chi connectivity index (χ4n) is 2.51. The van der Waals surface area contributed by atoms with E-state index in [1.54, 1.807) is 13.1 Å². The molecular formula is C16H17ClFN3O2. The number of aromatic nitrogens is 1. The van der Waals surface area contributed by atoms with Crippen molar-refractivity contribution >= 4 is 24.0 Å². The van der Waals surface area contributed by atoms with Crippen LogP contribution in [0.1, 0.15) is 21.5 Å². The van der Waals surface area contributed by atoms with Gasteiger partial charge in [-0.25, -0.2) is 4.39 Å². The first kappa shape index (κ1) is 17.2. The summed E-state index contributed by atoms with van der Waals surface area (Å²) >= 11 is 0. The van der Waals surface area contributed by atoms with Crippen molar-refractivity contribution < 1.29 is 9.18 Å². The number of aryl methyl sites for hydroxylation is 1. The topological polar surface area (TPSA) is 63.1 Å². The molecule has 1 aromatic carbocycles. The maximum atomic E-state index is 14.5. The first-order valence-electron chi connectivity index (χ1n) is 7.05. The van der Waals surface area contributed by atoms with E-state index < -0.39 is 11.7 Å². The van der Waals surface area contributed by atoms with Crippen LogP contribution in [0.15, 0.2) is 35.3 Å². The van der Waals surface area contributed by atoms with Gasteiger partial charge in [-0.3, -0.25) is 9.59 Å². The molecular weight excluding hydrogens is 321 g/mol. The van der Waals surface area contributed by atoms with E-state index in [0.717, 1.165) is 12.1 Å². The van der Waals surface area contributed by atoms with Crippen LogP contribution in [0.3, 0.4) is 0 Å². The van der Waals surface area contributed by atoms with Gasteiger partial charge in [0.05, 0.1) is 5.69 Å². The van der Waals surface area contributed by atoms with Gasteiger partial charge in [0.2, 0.25) is 0 Å². The average molecular weight is 338 g/mol. The SMILES string of the molecule is Cl.Cn1ccc(C(=O)Nc2ccc3c(c2F)CCNC3)cc1=O. The molecule has 0 atom stereocenters. The second-order valence-electron chi connectivity index (χ2n) is 5.31. The number of hydrogen-bond acceptors (Lipinski definition) is 3. The van der Waals surface area contributed by atoms with E-state index in [9.17, 15) is 14.0 Å². The van der Waals surface area contributed by atoms with Gasteiger partial charge in [-0.2, -0.15) is 0 Å². The van der Waals surface area contributed by atoms with E-state index in [-0.39, 0.29) is 29.2 Å². The molecule has 0 radical (unpaired) electrons. The third-order valence-corrected chi connectivity index (χ3v) is 3.82. The fraction of sp³-hybridized carbons (Fsp3) is 0.250. The lowest BCUT2D eigenvalue weighted by Crippen LogP contribution is -2.25. The van der Waals surface area contributed by atoms with Crippen molar-refractivity contribution in [2.75, 3.05) is 11.9 Å². The van der Waals surface area contributed by atoms with Crippen molar-refractivity contribution in [1.29, 1.82) is 0 Å². The lowest BCUT2D eigenvalue weighted by Gasteiger charge is -2.19. The number of carbonyl (C=O) groups excluding carboxylic acids is 1. The smallest absolute Gasteiger partial charge is 0.255 e. The number of carbonyl (C=O) groups is 1. The molecule has 1 aromatic heterocycles. The largest absolute Gasteiger partial charge is 0.319 e. The van der Waals surface area contributed by atoms with Gasteiger partial charge in [-0.15, -0.1) is 12.4 Å². The molecule has 0 fully saturated rings. The molecule has 0 bridgehead atoms. The Balaban J connectivity index is 0.00000192. The molecule has 0 saturated heterocycles. The molecule has 3 rings (SSSR count). The molecule has 0 aliphatic carbocycles. The lowest BCUT2D eigenvalue weighted by molar-refractivity contribution is 0.102. The molecule has 0 saturated carbocycles. The number of pyridine rings is 1. The number of hydrogen-bond donors (Lipinski definition) is 2. The molecule has 23 heavy (non-hydrogen) atoms. The highest BCUT2D eigenvalue weighted by Crippen LogP contribution is 2.24. The number of halogens is 2. The molecule has 122 valence electrons. The van der Waals surface area contributed by atoms with Crippen LogP contribution in [0.4, 0.5) is 10.1 Å². The van der Waals surface area contributed by atoms with Crippen LogP contribution in [-0.2, 0) is 20.0 Å². The van der Waals surface area contributed by atoms with E-state index in [1.165, 1.54) is 22.9 Å². The van der Waals surface area contributed by atoms with E-state index in [4.69, 9.17) is 0 Å². The fourth-order valence-corrected chi connectivity index (χ4v) is 2.51. The second-order valence-corrected chi connectivity index (χ2v) is 5.31. The number of nitrogens with zero attached hydrogens (tertiary/aromatic N) is 1. The summed E-state index contributed by atoms with van der Waals surface area (Å²) in [5, 5.41) is 5.72. The van der Waals surface area contributed by atoms with Crippen LogP contribution in [0.2, 0.25) is 0 Å². The zero-order valence-electron chi connectivity index (χ0n) is 12.6. The summed E-state index contributed by atoms with van der Waals surface area (Å²) in [6.45, 7) is 1.35. The molecule has 2 aromatic rings. The maximum absolute atomic E-state index is 14.5. The van der Waals surface area contributed by atoms with Crippen LogP contribution in [0, 0.1) is 5.82 Å². The Morgan fingerprint density at radius 2 is 2.13 bits per heavy atom. The number of fused-ring (bicyclic) bond motifs is 1. The highest BCUT2D eigenvalue weighted by molar-refractivity contribution is 6.04. The molecule has 5 nitrogen and oxygen atoms in total. The van der Waals surface area contributed by atoms with Crippen LogP contribution >= 0.6 is 12.4 Å². The number of benzene rings is 1. The standard InChI is InChI=1S/C16H16FN3O2.ClH/c1-20-7-5-10(8-14(20)21)16(22)19-13-3-2-11-9-18-6-4-12(11)15(13)17;/h2-3,5,7-8,18H,4,6,9H2,1H3,(H,19,22);1H. The molecule has 1 aliphatic rings. The number of anilines is 1. The zero-order chi connectivity index (χ0) is 15.7. The quantitative estimate of drug-likeness (QED) is 0.879. The zero-order valence-corrected chi connectivity index (χ0v) is 13.4. The average Bonchev–Trinajstić information content (AvgIpc) is 2.53. The highest BCUT2D eigenvalue weighted by Gasteiger charge is 2.18. The van der Waals surface area contributed by atoms with Crippen molar-refractivity contribution in [1.82, 2.24) is 9.88 Å². The van der Waals surface area contributed by atoms with Crippen LogP contribution in [0.25, 0.3) is 0 Å². The van der Waals surface area contributed by atoms with Crippen LogP contribution in [-0.4, -0.2) is 17.0 Å². The van der Waals surface area contributed by atoms with Gasteiger partial charge in [0.25, 0.3) is 11.5 Å². The normalized spacial score (nSPS) is 13.0. The van der Waals surface area contributed by atoms with Crippen molar-refractivity contribution in [2.45, 2.75) is 13.0 Å². The molecule has 1 amide bonds. The summed E-state index contributed by atoms with van der Waals surface area (Å²) < 4.78 is 15.8. The minimum absolute atomic E-state index is 0. The second kappa shape index (κ2) is 6.93. The van der Waals surface area contributed by atoms with Gasteiger partial charge in [0.15, 0.2) is 0 Å². The highest BCUT2D eigenvalue weighted by atomic mass is 35.5. The first-order valence-corrected chi connectivity index (χ1v) is 7.05. The Morgan fingerprint density at radius 3 is 2.87 bits per heavy atom. The predicted octanol–water partition coefficient (Wildman–Crippen LogP) is 1.84. The monoisotopic (exact) mass is 337 g/mol. The number of rotatable bonds is 2.